The molecule has 0 N–H and O–H groups in total. The molecule has 2 nitrogen and oxygen atoms in total. The maximum Gasteiger partial charge on any atom is 0.573 e. The predicted molar refractivity (Wildman–Crippen MR) is 114 cm³/mol. The zero-order chi connectivity index (χ0) is 23.1. The van der Waals surface area contributed by atoms with E-state index in [0.29, 0.717) is 12.5 Å². The summed E-state index contributed by atoms with van der Waals surface area (Å²) in [7, 11) is 0. The molecular weight excluding hydrogens is 427 g/mol. The molecule has 0 bridgehead atoms. The van der Waals surface area contributed by atoms with Gasteiger partial charge in [0.05, 0.1) is 6.61 Å². The summed E-state index contributed by atoms with van der Waals surface area (Å²) in [5.74, 6) is -1.66. The van der Waals surface area contributed by atoms with Gasteiger partial charge in [0.2, 0.25) is 5.82 Å². The first-order valence-corrected chi connectivity index (χ1v) is 11.2. The number of ether oxygens (including phenoxy) is 2. The highest BCUT2D eigenvalue weighted by molar-refractivity contribution is 5.66. The number of unbranched alkanes of at least 4 members (excludes halogenated alkanes) is 2. The third-order valence-corrected chi connectivity index (χ3v) is 6.10. The van der Waals surface area contributed by atoms with Crippen LogP contribution < -0.4 is 9.47 Å². The molecular formula is C25H29F5O2. The summed E-state index contributed by atoms with van der Waals surface area (Å²) in [5, 5.41) is 0. The van der Waals surface area contributed by atoms with Crippen molar-refractivity contribution in [2.45, 2.75) is 64.7 Å². The Morgan fingerprint density at radius 3 is 2.12 bits per heavy atom. The van der Waals surface area contributed by atoms with Crippen LogP contribution in [0.2, 0.25) is 0 Å². The summed E-state index contributed by atoms with van der Waals surface area (Å²) >= 11 is 0. The maximum absolute atomic E-state index is 14.6. The van der Waals surface area contributed by atoms with E-state index in [1.165, 1.54) is 49.9 Å². The van der Waals surface area contributed by atoms with Crippen molar-refractivity contribution < 1.29 is 31.4 Å². The average molecular weight is 456 g/mol. The standard InChI is InChI=1S/C25H29F5O2/c1-2-3-4-5-17-6-8-18(9-7-17)16-31-22-15-14-21(23(26)24(22)27)19-10-12-20(13-11-19)32-25(28,29)30/h10-15,17-18H,2-9,16H2,1H3/t17-,18-. The fourth-order valence-corrected chi connectivity index (χ4v) is 4.28. The van der Waals surface area contributed by atoms with E-state index in [-0.39, 0.29) is 16.9 Å². The molecule has 0 heterocycles. The van der Waals surface area contributed by atoms with Crippen LogP contribution in [-0.4, -0.2) is 13.0 Å². The van der Waals surface area contributed by atoms with Gasteiger partial charge in [-0.1, -0.05) is 57.6 Å². The molecule has 0 aromatic heterocycles. The third kappa shape index (κ3) is 6.84. The molecule has 32 heavy (non-hydrogen) atoms. The van der Waals surface area contributed by atoms with Gasteiger partial charge in [-0.15, -0.1) is 13.2 Å². The molecule has 0 atom stereocenters. The second kappa shape index (κ2) is 11.0. The largest absolute Gasteiger partial charge is 0.573 e. The van der Waals surface area contributed by atoms with Gasteiger partial charge in [0.25, 0.3) is 0 Å². The topological polar surface area (TPSA) is 18.5 Å². The number of halogens is 5. The lowest BCUT2D eigenvalue weighted by Gasteiger charge is -2.28. The van der Waals surface area contributed by atoms with Crippen LogP contribution in [0.4, 0.5) is 22.0 Å². The van der Waals surface area contributed by atoms with Crippen molar-refractivity contribution in [2.24, 2.45) is 11.8 Å². The van der Waals surface area contributed by atoms with Crippen LogP contribution >= 0.6 is 0 Å². The zero-order valence-electron chi connectivity index (χ0n) is 18.2. The first kappa shape index (κ1) is 24.3. The molecule has 0 radical (unpaired) electrons. The van der Waals surface area contributed by atoms with E-state index in [0.717, 1.165) is 43.7 Å². The normalized spacial score (nSPS) is 19.1. The van der Waals surface area contributed by atoms with Gasteiger partial charge in [0.15, 0.2) is 11.6 Å². The van der Waals surface area contributed by atoms with Crippen molar-refractivity contribution in [3.05, 3.63) is 48.0 Å². The Morgan fingerprint density at radius 2 is 1.50 bits per heavy atom. The highest BCUT2D eigenvalue weighted by Crippen LogP contribution is 2.35. The highest BCUT2D eigenvalue weighted by atomic mass is 19.4. The summed E-state index contributed by atoms with van der Waals surface area (Å²) < 4.78 is 75.4. The predicted octanol–water partition coefficient (Wildman–Crippen LogP) is 8.30. The molecule has 176 valence electrons. The van der Waals surface area contributed by atoms with E-state index in [9.17, 15) is 22.0 Å². The minimum Gasteiger partial charge on any atom is -0.490 e. The second-order valence-electron chi connectivity index (χ2n) is 8.50. The second-order valence-corrected chi connectivity index (χ2v) is 8.50. The third-order valence-electron chi connectivity index (χ3n) is 6.10. The van der Waals surface area contributed by atoms with Crippen molar-refractivity contribution in [3.63, 3.8) is 0 Å². The first-order chi connectivity index (χ1) is 15.3. The molecule has 1 saturated carbocycles. The molecule has 2 aromatic rings. The number of hydrogen-bond donors (Lipinski definition) is 0. The number of rotatable bonds is 9. The Labute approximate surface area is 185 Å². The van der Waals surface area contributed by atoms with Crippen molar-refractivity contribution in [1.29, 1.82) is 0 Å². The van der Waals surface area contributed by atoms with Crippen LogP contribution in [0.5, 0.6) is 11.5 Å². The van der Waals surface area contributed by atoms with Gasteiger partial charge in [-0.05, 0) is 54.5 Å². The molecule has 1 fully saturated rings. The van der Waals surface area contributed by atoms with Crippen LogP contribution in [0.3, 0.4) is 0 Å². The fourth-order valence-electron chi connectivity index (χ4n) is 4.28. The number of benzene rings is 2. The van der Waals surface area contributed by atoms with Crippen molar-refractivity contribution >= 4 is 0 Å². The lowest BCUT2D eigenvalue weighted by molar-refractivity contribution is -0.274. The van der Waals surface area contributed by atoms with E-state index < -0.39 is 23.7 Å². The molecule has 0 saturated heterocycles. The molecule has 0 amide bonds. The monoisotopic (exact) mass is 456 g/mol. The Kier molecular flexibility index (Phi) is 8.38. The number of hydrogen-bond acceptors (Lipinski definition) is 2. The van der Waals surface area contributed by atoms with Gasteiger partial charge in [-0.25, -0.2) is 4.39 Å². The summed E-state index contributed by atoms with van der Waals surface area (Å²) in [4.78, 5) is 0. The summed E-state index contributed by atoms with van der Waals surface area (Å²) in [6.07, 6.45) is 4.60. The van der Waals surface area contributed by atoms with Crippen LogP contribution in [0, 0.1) is 23.5 Å². The van der Waals surface area contributed by atoms with Crippen molar-refractivity contribution in [2.75, 3.05) is 6.61 Å². The quantitative estimate of drug-likeness (QED) is 0.279. The number of alkyl halides is 3. The van der Waals surface area contributed by atoms with Crippen LogP contribution in [-0.2, 0) is 0 Å². The SMILES string of the molecule is CCCCC[C@H]1CC[C@H](COc2ccc(-c3ccc(OC(F)(F)F)cc3)c(F)c2F)CC1. The van der Waals surface area contributed by atoms with Gasteiger partial charge in [0, 0.05) is 5.56 Å². The molecule has 0 unspecified atom stereocenters. The van der Waals surface area contributed by atoms with Crippen molar-refractivity contribution in [1.82, 2.24) is 0 Å². The van der Waals surface area contributed by atoms with Crippen LogP contribution in [0.25, 0.3) is 11.1 Å². The Hall–Kier alpha value is -2.31. The minimum absolute atomic E-state index is 0.0546. The van der Waals surface area contributed by atoms with E-state index in [4.69, 9.17) is 4.74 Å². The van der Waals surface area contributed by atoms with Crippen LogP contribution in [0.15, 0.2) is 36.4 Å². The molecule has 0 aliphatic heterocycles. The van der Waals surface area contributed by atoms with Gasteiger partial charge >= 0.3 is 6.36 Å². The Bertz CT molecular complexity index is 856. The lowest BCUT2D eigenvalue weighted by Crippen LogP contribution is -2.20. The molecule has 7 heteroatoms. The first-order valence-electron chi connectivity index (χ1n) is 11.2. The van der Waals surface area contributed by atoms with E-state index in [1.54, 1.807) is 0 Å². The van der Waals surface area contributed by atoms with Gasteiger partial charge in [-0.2, -0.15) is 4.39 Å². The van der Waals surface area contributed by atoms with E-state index in [1.807, 2.05) is 0 Å². The molecule has 3 rings (SSSR count). The Balaban J connectivity index is 1.56. The summed E-state index contributed by atoms with van der Waals surface area (Å²) in [6.45, 7) is 2.55. The molecule has 1 aliphatic carbocycles. The van der Waals surface area contributed by atoms with E-state index in [2.05, 4.69) is 11.7 Å². The van der Waals surface area contributed by atoms with Gasteiger partial charge in [0.1, 0.15) is 5.75 Å². The minimum atomic E-state index is -4.81. The highest BCUT2D eigenvalue weighted by Gasteiger charge is 2.31. The van der Waals surface area contributed by atoms with Gasteiger partial charge < -0.3 is 9.47 Å². The van der Waals surface area contributed by atoms with E-state index >= 15 is 0 Å². The fraction of sp³-hybridized carbons (Fsp3) is 0.520. The van der Waals surface area contributed by atoms with Gasteiger partial charge in [-0.3, -0.25) is 0 Å². The smallest absolute Gasteiger partial charge is 0.490 e. The molecule has 0 spiro atoms. The Morgan fingerprint density at radius 1 is 0.844 bits per heavy atom. The molecule has 1 aliphatic rings. The van der Waals surface area contributed by atoms with Crippen LogP contribution in [0.1, 0.15) is 58.3 Å². The maximum atomic E-state index is 14.6. The summed E-state index contributed by atoms with van der Waals surface area (Å²) in [5.41, 5.74) is 0.185. The molecule has 2 aromatic carbocycles. The van der Waals surface area contributed by atoms with Crippen molar-refractivity contribution in [3.8, 4) is 22.6 Å². The lowest BCUT2D eigenvalue weighted by atomic mass is 9.80. The average Bonchev–Trinajstić information content (AvgIpc) is 2.76. The summed E-state index contributed by atoms with van der Waals surface area (Å²) in [6, 6.07) is 7.35. The zero-order valence-corrected chi connectivity index (χ0v) is 18.2.